The first-order chi connectivity index (χ1) is 4.41. The summed E-state index contributed by atoms with van der Waals surface area (Å²) in [5.74, 6) is 0.0228. The molecule has 3 heteroatoms. The van der Waals surface area contributed by atoms with Crippen molar-refractivity contribution >= 4 is 0 Å². The SMILES string of the molecule is CC(C)C(O)C(C)(N)C#N. The van der Waals surface area contributed by atoms with Gasteiger partial charge in [-0.2, -0.15) is 5.26 Å². The lowest BCUT2D eigenvalue weighted by atomic mass is 9.90. The van der Waals surface area contributed by atoms with Gasteiger partial charge in [-0.25, -0.2) is 0 Å². The second-order valence-corrected chi connectivity index (χ2v) is 3.08. The van der Waals surface area contributed by atoms with E-state index in [1.54, 1.807) is 0 Å². The minimum Gasteiger partial charge on any atom is -0.390 e. The van der Waals surface area contributed by atoms with Gasteiger partial charge in [0.2, 0.25) is 0 Å². The van der Waals surface area contributed by atoms with Crippen molar-refractivity contribution < 1.29 is 5.11 Å². The van der Waals surface area contributed by atoms with Gasteiger partial charge in [-0.15, -0.1) is 0 Å². The Morgan fingerprint density at radius 1 is 1.60 bits per heavy atom. The van der Waals surface area contributed by atoms with E-state index in [1.807, 2.05) is 19.9 Å². The highest BCUT2D eigenvalue weighted by molar-refractivity contribution is 5.06. The summed E-state index contributed by atoms with van der Waals surface area (Å²) in [5, 5.41) is 17.8. The van der Waals surface area contributed by atoms with Crippen molar-refractivity contribution in [3.05, 3.63) is 0 Å². The van der Waals surface area contributed by atoms with Gasteiger partial charge < -0.3 is 10.8 Å². The maximum absolute atomic E-state index is 9.31. The monoisotopic (exact) mass is 142 g/mol. The van der Waals surface area contributed by atoms with Crippen LogP contribution in [-0.2, 0) is 0 Å². The highest BCUT2D eigenvalue weighted by Gasteiger charge is 2.30. The lowest BCUT2D eigenvalue weighted by Gasteiger charge is -2.25. The summed E-state index contributed by atoms with van der Waals surface area (Å²) in [6, 6.07) is 1.85. The van der Waals surface area contributed by atoms with Crippen molar-refractivity contribution in [2.75, 3.05) is 0 Å². The molecule has 0 radical (unpaired) electrons. The molecular weight excluding hydrogens is 128 g/mol. The first-order valence-corrected chi connectivity index (χ1v) is 3.30. The second kappa shape index (κ2) is 3.00. The van der Waals surface area contributed by atoms with Crippen LogP contribution in [0.5, 0.6) is 0 Å². The minimum absolute atomic E-state index is 0.0228. The zero-order valence-corrected chi connectivity index (χ0v) is 6.63. The van der Waals surface area contributed by atoms with Crippen LogP contribution in [0.15, 0.2) is 0 Å². The zero-order chi connectivity index (χ0) is 8.36. The van der Waals surface area contributed by atoms with Gasteiger partial charge in [-0.1, -0.05) is 13.8 Å². The molecule has 10 heavy (non-hydrogen) atoms. The molecule has 0 aromatic heterocycles. The predicted octanol–water partition coefficient (Wildman–Crippen LogP) is 0.244. The van der Waals surface area contributed by atoms with Crippen molar-refractivity contribution in [1.29, 1.82) is 5.26 Å². The van der Waals surface area contributed by atoms with Crippen LogP contribution in [0.25, 0.3) is 0 Å². The van der Waals surface area contributed by atoms with Crippen molar-refractivity contribution in [2.45, 2.75) is 32.4 Å². The van der Waals surface area contributed by atoms with Crippen molar-refractivity contribution in [1.82, 2.24) is 0 Å². The quantitative estimate of drug-likeness (QED) is 0.580. The summed E-state index contributed by atoms with van der Waals surface area (Å²) in [5.41, 5.74) is 4.33. The van der Waals surface area contributed by atoms with E-state index >= 15 is 0 Å². The Morgan fingerprint density at radius 3 is 2.10 bits per heavy atom. The number of nitriles is 1. The van der Waals surface area contributed by atoms with E-state index in [4.69, 9.17) is 11.0 Å². The van der Waals surface area contributed by atoms with Gasteiger partial charge in [0.05, 0.1) is 12.2 Å². The minimum atomic E-state index is -1.12. The molecule has 2 atom stereocenters. The van der Waals surface area contributed by atoms with Crippen LogP contribution in [0.1, 0.15) is 20.8 Å². The van der Waals surface area contributed by atoms with E-state index < -0.39 is 11.6 Å². The maximum Gasteiger partial charge on any atom is 0.127 e. The molecule has 0 saturated heterocycles. The smallest absolute Gasteiger partial charge is 0.127 e. The van der Waals surface area contributed by atoms with Gasteiger partial charge >= 0.3 is 0 Å². The van der Waals surface area contributed by atoms with E-state index in [0.717, 1.165) is 0 Å². The molecule has 0 bridgehead atoms. The molecule has 3 N–H and O–H groups in total. The van der Waals surface area contributed by atoms with Crippen LogP contribution in [0.3, 0.4) is 0 Å². The number of aliphatic hydroxyl groups excluding tert-OH is 1. The summed E-state index contributed by atoms with van der Waals surface area (Å²) in [4.78, 5) is 0. The van der Waals surface area contributed by atoms with Crippen LogP contribution in [0, 0.1) is 17.2 Å². The van der Waals surface area contributed by atoms with E-state index in [2.05, 4.69) is 0 Å². The first-order valence-electron chi connectivity index (χ1n) is 3.30. The predicted molar refractivity (Wildman–Crippen MR) is 39.1 cm³/mol. The van der Waals surface area contributed by atoms with Gasteiger partial charge in [0.15, 0.2) is 0 Å². The van der Waals surface area contributed by atoms with Crippen LogP contribution in [-0.4, -0.2) is 16.7 Å². The Bertz CT molecular complexity index is 146. The highest BCUT2D eigenvalue weighted by Crippen LogP contribution is 2.13. The number of hydrogen-bond acceptors (Lipinski definition) is 3. The third-order valence-electron chi connectivity index (χ3n) is 1.49. The molecule has 0 amide bonds. The highest BCUT2D eigenvalue weighted by atomic mass is 16.3. The molecule has 0 fully saturated rings. The number of aliphatic hydroxyl groups is 1. The van der Waals surface area contributed by atoms with Gasteiger partial charge in [0.1, 0.15) is 5.54 Å². The van der Waals surface area contributed by atoms with Crippen LogP contribution >= 0.6 is 0 Å². The molecule has 0 aromatic carbocycles. The van der Waals surface area contributed by atoms with Crippen LogP contribution in [0.2, 0.25) is 0 Å². The largest absolute Gasteiger partial charge is 0.390 e. The number of nitrogens with two attached hydrogens (primary N) is 1. The molecule has 3 nitrogen and oxygen atoms in total. The van der Waals surface area contributed by atoms with Gasteiger partial charge in [0.25, 0.3) is 0 Å². The topological polar surface area (TPSA) is 70.0 Å². The average molecular weight is 142 g/mol. The molecule has 58 valence electrons. The van der Waals surface area contributed by atoms with E-state index in [-0.39, 0.29) is 5.92 Å². The fourth-order valence-corrected chi connectivity index (χ4v) is 0.759. The second-order valence-electron chi connectivity index (χ2n) is 3.08. The zero-order valence-electron chi connectivity index (χ0n) is 6.63. The third kappa shape index (κ3) is 1.98. The summed E-state index contributed by atoms with van der Waals surface area (Å²) < 4.78 is 0. The van der Waals surface area contributed by atoms with Crippen molar-refractivity contribution in [2.24, 2.45) is 11.7 Å². The summed E-state index contributed by atoms with van der Waals surface area (Å²) in [6.45, 7) is 5.18. The number of nitrogens with zero attached hydrogens (tertiary/aromatic N) is 1. The first kappa shape index (κ1) is 9.41. The molecule has 0 spiro atoms. The standard InChI is InChI=1S/C7H14N2O/c1-5(2)6(10)7(3,9)4-8/h5-6,10H,9H2,1-3H3. The Hall–Kier alpha value is -0.590. The molecule has 0 aromatic rings. The Balaban J connectivity index is 4.22. The van der Waals surface area contributed by atoms with E-state index in [0.29, 0.717) is 0 Å². The molecule has 2 unspecified atom stereocenters. The van der Waals surface area contributed by atoms with E-state index in [9.17, 15) is 5.11 Å². The third-order valence-corrected chi connectivity index (χ3v) is 1.49. The number of hydrogen-bond donors (Lipinski definition) is 2. The van der Waals surface area contributed by atoms with Crippen LogP contribution < -0.4 is 5.73 Å². The van der Waals surface area contributed by atoms with Crippen molar-refractivity contribution in [3.63, 3.8) is 0 Å². The van der Waals surface area contributed by atoms with Gasteiger partial charge in [0, 0.05) is 0 Å². The molecule has 0 saturated carbocycles. The summed E-state index contributed by atoms with van der Waals surface area (Å²) in [6.07, 6.45) is -0.752. The molecular formula is C7H14N2O. The van der Waals surface area contributed by atoms with Gasteiger partial charge in [-0.05, 0) is 12.8 Å². The fraction of sp³-hybridized carbons (Fsp3) is 0.857. The maximum atomic E-state index is 9.31. The molecule has 0 aliphatic rings. The number of rotatable bonds is 2. The fourth-order valence-electron chi connectivity index (χ4n) is 0.759. The van der Waals surface area contributed by atoms with Gasteiger partial charge in [-0.3, -0.25) is 0 Å². The molecule has 0 aliphatic heterocycles. The Morgan fingerprint density at radius 2 is 2.00 bits per heavy atom. The average Bonchev–Trinajstić information content (AvgIpc) is 1.86. The lowest BCUT2D eigenvalue weighted by molar-refractivity contribution is 0.0774. The van der Waals surface area contributed by atoms with E-state index in [1.165, 1.54) is 6.92 Å². The normalized spacial score (nSPS) is 19.7. The molecule has 0 aliphatic carbocycles. The summed E-state index contributed by atoms with van der Waals surface area (Å²) >= 11 is 0. The Kier molecular flexibility index (Phi) is 2.82. The van der Waals surface area contributed by atoms with Crippen LogP contribution in [0.4, 0.5) is 0 Å². The Labute approximate surface area is 61.5 Å². The van der Waals surface area contributed by atoms with Crippen molar-refractivity contribution in [3.8, 4) is 6.07 Å². The molecule has 0 heterocycles. The molecule has 0 rings (SSSR count). The summed E-state index contributed by atoms with van der Waals surface area (Å²) in [7, 11) is 0. The lowest BCUT2D eigenvalue weighted by Crippen LogP contribution is -2.49.